The lowest BCUT2D eigenvalue weighted by atomic mass is 10.1. The summed E-state index contributed by atoms with van der Waals surface area (Å²) >= 11 is 0. The number of anilines is 2. The smallest absolute Gasteiger partial charge is 0.452 e. The van der Waals surface area contributed by atoms with Crippen LogP contribution < -0.4 is 10.6 Å². The number of hydrogen-bond donors (Lipinski definition) is 2. The number of rotatable bonds is 5. The van der Waals surface area contributed by atoms with Crippen molar-refractivity contribution in [2.75, 3.05) is 17.2 Å². The van der Waals surface area contributed by atoms with Gasteiger partial charge in [0.1, 0.15) is 0 Å². The van der Waals surface area contributed by atoms with E-state index in [1.165, 1.54) is 18.2 Å². The molecule has 6 nitrogen and oxygen atoms in total. The summed E-state index contributed by atoms with van der Waals surface area (Å²) in [5.74, 6) is -3.65. The normalized spacial score (nSPS) is 10.9. The largest absolute Gasteiger partial charge is 0.471 e. The van der Waals surface area contributed by atoms with Crippen LogP contribution >= 0.6 is 0 Å². The van der Waals surface area contributed by atoms with Gasteiger partial charge in [0.15, 0.2) is 6.61 Å². The number of nitrogens with one attached hydrogen (secondary N) is 2. The van der Waals surface area contributed by atoms with E-state index >= 15 is 0 Å². The van der Waals surface area contributed by atoms with E-state index in [9.17, 15) is 27.6 Å². The molecule has 2 amide bonds. The van der Waals surface area contributed by atoms with Gasteiger partial charge in [-0.2, -0.15) is 13.2 Å². The van der Waals surface area contributed by atoms with Gasteiger partial charge in [-0.3, -0.25) is 9.59 Å². The van der Waals surface area contributed by atoms with Crippen molar-refractivity contribution in [1.82, 2.24) is 0 Å². The SMILES string of the molecule is Cc1ccc(NC(=O)COC(=O)c2cccc(NC(=O)C(F)(F)F)c2)c(C)c1. The Bertz CT molecular complexity index is 910. The zero-order valence-corrected chi connectivity index (χ0v) is 15.0. The highest BCUT2D eigenvalue weighted by molar-refractivity contribution is 5.98. The predicted octanol–water partition coefficient (Wildman–Crippen LogP) is 3.60. The summed E-state index contributed by atoms with van der Waals surface area (Å²) in [7, 11) is 0. The van der Waals surface area contributed by atoms with E-state index in [0.717, 1.165) is 17.2 Å². The van der Waals surface area contributed by atoms with Crippen molar-refractivity contribution in [2.45, 2.75) is 20.0 Å². The van der Waals surface area contributed by atoms with Gasteiger partial charge in [0, 0.05) is 11.4 Å². The number of amides is 2. The summed E-state index contributed by atoms with van der Waals surface area (Å²) in [5, 5.41) is 4.23. The van der Waals surface area contributed by atoms with Crippen LogP contribution in [-0.4, -0.2) is 30.6 Å². The van der Waals surface area contributed by atoms with Crippen LogP contribution in [0, 0.1) is 13.8 Å². The van der Waals surface area contributed by atoms with Crippen LogP contribution in [0.4, 0.5) is 24.5 Å². The second kappa shape index (κ2) is 8.55. The quantitative estimate of drug-likeness (QED) is 0.759. The molecule has 0 radical (unpaired) electrons. The Hall–Kier alpha value is -3.36. The summed E-state index contributed by atoms with van der Waals surface area (Å²) in [5.41, 5.74) is 2.10. The molecule has 9 heteroatoms. The maximum Gasteiger partial charge on any atom is 0.471 e. The molecule has 0 spiro atoms. The summed E-state index contributed by atoms with van der Waals surface area (Å²) in [6, 6.07) is 10.2. The Morgan fingerprint density at radius 1 is 1.00 bits per heavy atom. The molecule has 0 aromatic heterocycles. The van der Waals surface area contributed by atoms with Crippen molar-refractivity contribution >= 4 is 29.2 Å². The van der Waals surface area contributed by atoms with Crippen molar-refractivity contribution in [2.24, 2.45) is 0 Å². The number of aryl methyl sites for hydroxylation is 2. The highest BCUT2D eigenvalue weighted by atomic mass is 19.4. The minimum atomic E-state index is -5.05. The third-order valence-corrected chi connectivity index (χ3v) is 3.60. The van der Waals surface area contributed by atoms with Crippen LogP contribution in [0.1, 0.15) is 21.5 Å². The molecule has 0 aliphatic rings. The predicted molar refractivity (Wildman–Crippen MR) is 96.0 cm³/mol. The molecule has 0 aliphatic carbocycles. The molecule has 0 saturated heterocycles. The van der Waals surface area contributed by atoms with E-state index < -0.39 is 30.6 Å². The van der Waals surface area contributed by atoms with Crippen molar-refractivity contribution in [3.63, 3.8) is 0 Å². The minimum absolute atomic E-state index is 0.112. The van der Waals surface area contributed by atoms with Gasteiger partial charge < -0.3 is 15.4 Å². The van der Waals surface area contributed by atoms with Crippen molar-refractivity contribution in [1.29, 1.82) is 0 Å². The molecule has 0 heterocycles. The molecule has 0 aliphatic heterocycles. The molecule has 28 heavy (non-hydrogen) atoms. The van der Waals surface area contributed by atoms with Gasteiger partial charge in [0.2, 0.25) is 0 Å². The molecule has 0 saturated carbocycles. The fourth-order valence-electron chi connectivity index (χ4n) is 2.28. The fourth-order valence-corrected chi connectivity index (χ4v) is 2.28. The van der Waals surface area contributed by atoms with Crippen LogP contribution in [0.15, 0.2) is 42.5 Å². The number of benzene rings is 2. The molecular formula is C19H17F3N2O4. The van der Waals surface area contributed by atoms with Crippen LogP contribution in [0.25, 0.3) is 0 Å². The van der Waals surface area contributed by atoms with Crippen molar-refractivity contribution < 1.29 is 32.3 Å². The first-order chi connectivity index (χ1) is 13.1. The van der Waals surface area contributed by atoms with E-state index in [4.69, 9.17) is 4.74 Å². The van der Waals surface area contributed by atoms with E-state index in [0.29, 0.717) is 5.69 Å². The lowest BCUT2D eigenvalue weighted by molar-refractivity contribution is -0.167. The van der Waals surface area contributed by atoms with Gasteiger partial charge in [0.25, 0.3) is 5.91 Å². The molecule has 2 N–H and O–H groups in total. The Balaban J connectivity index is 1.94. The van der Waals surface area contributed by atoms with E-state index in [1.54, 1.807) is 11.4 Å². The molecule has 0 fully saturated rings. The third kappa shape index (κ3) is 5.83. The van der Waals surface area contributed by atoms with Gasteiger partial charge in [0.05, 0.1) is 5.56 Å². The first kappa shape index (κ1) is 20.9. The fraction of sp³-hybridized carbons (Fsp3) is 0.211. The highest BCUT2D eigenvalue weighted by Crippen LogP contribution is 2.19. The average Bonchev–Trinajstić information content (AvgIpc) is 2.61. The van der Waals surface area contributed by atoms with Crippen molar-refractivity contribution in [3.8, 4) is 0 Å². The molecule has 0 atom stereocenters. The summed E-state index contributed by atoms with van der Waals surface area (Å²) in [4.78, 5) is 34.9. The maximum absolute atomic E-state index is 12.3. The Kier molecular flexibility index (Phi) is 6.40. The van der Waals surface area contributed by atoms with Crippen LogP contribution in [0.5, 0.6) is 0 Å². The zero-order chi connectivity index (χ0) is 20.9. The lowest BCUT2D eigenvalue weighted by Crippen LogP contribution is -2.30. The Morgan fingerprint density at radius 2 is 1.71 bits per heavy atom. The molecular weight excluding hydrogens is 377 g/mol. The first-order valence-corrected chi connectivity index (χ1v) is 8.09. The number of carbonyl (C=O) groups excluding carboxylic acids is 3. The van der Waals surface area contributed by atoms with Gasteiger partial charge in [-0.15, -0.1) is 0 Å². The Morgan fingerprint density at radius 3 is 2.36 bits per heavy atom. The van der Waals surface area contributed by atoms with Gasteiger partial charge >= 0.3 is 18.1 Å². The number of ether oxygens (including phenoxy) is 1. The number of halogens is 3. The van der Waals surface area contributed by atoms with Crippen LogP contribution in [-0.2, 0) is 14.3 Å². The summed E-state index contributed by atoms with van der Waals surface area (Å²) in [6.07, 6.45) is -5.05. The lowest BCUT2D eigenvalue weighted by Gasteiger charge is -2.11. The second-order valence-corrected chi connectivity index (χ2v) is 5.98. The van der Waals surface area contributed by atoms with E-state index in [2.05, 4.69) is 5.32 Å². The minimum Gasteiger partial charge on any atom is -0.452 e. The van der Waals surface area contributed by atoms with Crippen LogP contribution in [0.2, 0.25) is 0 Å². The van der Waals surface area contributed by atoms with Crippen LogP contribution in [0.3, 0.4) is 0 Å². The summed E-state index contributed by atoms with van der Waals surface area (Å²) < 4.78 is 41.7. The van der Waals surface area contributed by atoms with Gasteiger partial charge in [-0.1, -0.05) is 23.8 Å². The number of hydrogen-bond acceptors (Lipinski definition) is 4. The Labute approximate surface area is 158 Å². The van der Waals surface area contributed by atoms with Crippen molar-refractivity contribution in [3.05, 3.63) is 59.2 Å². The molecule has 2 aromatic rings. The number of esters is 1. The van der Waals surface area contributed by atoms with E-state index in [-0.39, 0.29) is 11.3 Å². The third-order valence-electron chi connectivity index (χ3n) is 3.60. The second-order valence-electron chi connectivity index (χ2n) is 5.98. The molecule has 148 valence electrons. The maximum atomic E-state index is 12.3. The average molecular weight is 394 g/mol. The first-order valence-electron chi connectivity index (χ1n) is 8.09. The van der Waals surface area contributed by atoms with Gasteiger partial charge in [-0.25, -0.2) is 4.79 Å². The number of alkyl halides is 3. The standard InChI is InChI=1S/C19H17F3N2O4/c1-11-6-7-15(12(2)8-11)24-16(25)10-28-17(26)13-4-3-5-14(9-13)23-18(27)19(20,21)22/h3-9H,10H2,1-2H3,(H,23,27)(H,24,25). The highest BCUT2D eigenvalue weighted by Gasteiger charge is 2.38. The monoisotopic (exact) mass is 394 g/mol. The van der Waals surface area contributed by atoms with Gasteiger partial charge in [-0.05, 0) is 43.7 Å². The topological polar surface area (TPSA) is 84.5 Å². The molecule has 0 unspecified atom stereocenters. The molecule has 2 aromatic carbocycles. The number of carbonyl (C=O) groups is 3. The zero-order valence-electron chi connectivity index (χ0n) is 15.0. The molecule has 2 rings (SSSR count). The molecule has 0 bridgehead atoms. The van der Waals surface area contributed by atoms with E-state index in [1.807, 2.05) is 26.0 Å². The summed E-state index contributed by atoms with van der Waals surface area (Å²) in [6.45, 7) is 3.15.